The number of nitrogens with zero attached hydrogens (tertiary/aromatic N) is 14. The maximum atomic E-state index is 11.8. The van der Waals surface area contributed by atoms with Gasteiger partial charge >= 0.3 is 0 Å². The monoisotopic (exact) mass is 1220 g/mol. The summed E-state index contributed by atoms with van der Waals surface area (Å²) in [5.41, 5.74) is 24.7. The summed E-state index contributed by atoms with van der Waals surface area (Å²) in [6.45, 7) is 5.91. The first kappa shape index (κ1) is 62.1. The second-order valence-electron chi connectivity index (χ2n) is 20.1. The number of carbonyl (C=O) groups is 3. The van der Waals surface area contributed by atoms with Crippen LogP contribution >= 0.6 is 0 Å². The van der Waals surface area contributed by atoms with E-state index in [0.717, 1.165) is 33.9 Å². The first-order valence-corrected chi connectivity index (χ1v) is 28.5. The van der Waals surface area contributed by atoms with Crippen molar-refractivity contribution < 1.29 is 28.6 Å². The largest absolute Gasteiger partial charge is 0.457 e. The van der Waals surface area contributed by atoms with Gasteiger partial charge in [0.2, 0.25) is 5.91 Å². The minimum Gasteiger partial charge on any atom is -0.457 e. The fraction of sp³-hybridized carbons (Fsp3) is 0.118. The van der Waals surface area contributed by atoms with Crippen LogP contribution in [0.2, 0.25) is 0 Å². The molecule has 0 aliphatic heterocycles. The minimum absolute atomic E-state index is 0.153. The average molecular weight is 1230 g/mol. The number of nitrogen functional groups attached to an aromatic ring is 3. The first-order chi connectivity index (χ1) is 44.8. The van der Waals surface area contributed by atoms with Crippen molar-refractivity contribution >= 4 is 68.3 Å². The molecule has 0 atom stereocenters. The highest BCUT2D eigenvalue weighted by atomic mass is 16.5. The SMILES string of the molecule is C#CC(=O)N(C)CCn1nc(-c2ccc(Oc3ccccc3)cc2)c2c(N)ncnc21.C#CC(=O)NCCn1nc(-c2ccc(Oc3ccccc3)cc2)c2c(N)ncnc21.C=CC(=O)N(C)CCn1nc(-c2ccc(Oc3ccccc3)cc2)c2c(N)ncnc21. The molecule has 0 radical (unpaired) electrons. The number of anilines is 3. The molecule has 0 bridgehead atoms. The number of hydrogen-bond acceptors (Lipinski definition) is 18. The predicted molar refractivity (Wildman–Crippen MR) is 351 cm³/mol. The Morgan fingerprint density at radius 3 is 1.13 bits per heavy atom. The third-order valence-corrected chi connectivity index (χ3v) is 14.1. The van der Waals surface area contributed by atoms with Gasteiger partial charge in [0.1, 0.15) is 88.0 Å². The lowest BCUT2D eigenvalue weighted by atomic mass is 10.1. The van der Waals surface area contributed by atoms with E-state index in [9.17, 15) is 14.4 Å². The van der Waals surface area contributed by atoms with Crippen LogP contribution in [0, 0.1) is 24.7 Å². The number of hydrogen-bond donors (Lipinski definition) is 4. The molecule has 0 unspecified atom stereocenters. The van der Waals surface area contributed by atoms with Crippen molar-refractivity contribution in [2.75, 3.05) is 50.9 Å². The molecule has 12 aromatic rings. The fourth-order valence-electron chi connectivity index (χ4n) is 9.38. The van der Waals surface area contributed by atoms with Crippen LogP contribution in [0.15, 0.2) is 195 Å². The molecule has 0 saturated carbocycles. The molecular formula is C68H60N18O6. The Morgan fingerprint density at radius 1 is 0.478 bits per heavy atom. The quantitative estimate of drug-likeness (QED) is 0.0433. The number of amides is 3. The lowest BCUT2D eigenvalue weighted by molar-refractivity contribution is -0.125. The van der Waals surface area contributed by atoms with E-state index in [1.807, 2.05) is 170 Å². The normalized spacial score (nSPS) is 10.6. The highest BCUT2D eigenvalue weighted by Gasteiger charge is 2.21. The van der Waals surface area contributed by atoms with Crippen molar-refractivity contribution in [1.29, 1.82) is 0 Å². The summed E-state index contributed by atoms with van der Waals surface area (Å²) >= 11 is 0. The summed E-state index contributed by atoms with van der Waals surface area (Å²) in [5.74, 6) is 8.52. The zero-order valence-electron chi connectivity index (χ0n) is 49.9. The second-order valence-corrected chi connectivity index (χ2v) is 20.1. The molecule has 24 heteroatoms. The third-order valence-electron chi connectivity index (χ3n) is 14.1. The van der Waals surface area contributed by atoms with E-state index in [2.05, 4.69) is 52.8 Å². The number of nitrogens with one attached hydrogen (secondary N) is 1. The molecule has 3 amide bonds. The Kier molecular flexibility index (Phi) is 19.7. The van der Waals surface area contributed by atoms with Gasteiger partial charge in [-0.2, -0.15) is 15.3 Å². The van der Waals surface area contributed by atoms with E-state index < -0.39 is 5.91 Å². The fourth-order valence-corrected chi connectivity index (χ4v) is 9.38. The summed E-state index contributed by atoms with van der Waals surface area (Å²) in [5, 5.41) is 18.7. The summed E-state index contributed by atoms with van der Waals surface area (Å²) in [6, 6.07) is 51.3. The van der Waals surface area contributed by atoms with Crippen molar-refractivity contribution in [3.63, 3.8) is 0 Å². The molecule has 0 saturated heterocycles. The Morgan fingerprint density at radius 2 is 0.804 bits per heavy atom. The number of carbonyl (C=O) groups excluding carboxylic acids is 3. The predicted octanol–water partition coefficient (Wildman–Crippen LogP) is 9.09. The molecule has 0 aliphatic rings. The van der Waals surface area contributed by atoms with Crippen LogP contribution in [0.4, 0.5) is 17.5 Å². The first-order valence-electron chi connectivity index (χ1n) is 28.5. The van der Waals surface area contributed by atoms with Crippen LogP contribution < -0.4 is 36.7 Å². The van der Waals surface area contributed by atoms with Gasteiger partial charge in [-0.15, -0.1) is 12.8 Å². The lowest BCUT2D eigenvalue weighted by Gasteiger charge is -2.14. The van der Waals surface area contributed by atoms with E-state index in [4.69, 9.17) is 54.5 Å². The standard InChI is InChI=1S/C23H22N6O2.C23H20N6O2.C22H18N6O2/c2*1-3-19(30)28(2)13-14-29-23-20(22(24)25-15-26-23)21(27-29)16-9-11-18(12-10-16)31-17-7-5-4-6-8-17;1-2-18(29)24-12-13-28-22-19(21(23)25-14-26-22)20(27-28)15-8-10-17(11-9-15)30-16-6-4-3-5-7-16/h3-12,15H,1,13-14H2,2H3,(H2,24,25,26);1,4-12,15H,13-14H2,2H3,(H2,24,25,26);1,3-11,14H,12-13H2,(H,24,29)(H2,23,25,26). The average Bonchev–Trinajstić information content (AvgIpc) is 1.68. The second kappa shape index (κ2) is 29.2. The van der Waals surface area contributed by atoms with Gasteiger partial charge in [0.25, 0.3) is 11.8 Å². The van der Waals surface area contributed by atoms with Gasteiger partial charge in [0.15, 0.2) is 16.9 Å². The lowest BCUT2D eigenvalue weighted by Crippen LogP contribution is -2.29. The highest BCUT2D eigenvalue weighted by Crippen LogP contribution is 2.35. The zero-order chi connectivity index (χ0) is 64.5. The number of likely N-dealkylation sites (N-methyl/N-ethyl adjacent to an activating group) is 2. The summed E-state index contributed by atoms with van der Waals surface area (Å²) < 4.78 is 22.7. The zero-order valence-corrected chi connectivity index (χ0v) is 49.9. The number of terminal acetylenes is 2. The molecule has 24 nitrogen and oxygen atoms in total. The van der Waals surface area contributed by atoms with Gasteiger partial charge in [-0.25, -0.2) is 43.9 Å². The number of rotatable bonds is 19. The number of ether oxygens (including phenoxy) is 3. The number of nitrogens with two attached hydrogens (primary N) is 3. The van der Waals surface area contributed by atoms with Gasteiger partial charge in [-0.1, -0.05) is 61.2 Å². The van der Waals surface area contributed by atoms with E-state index in [-0.39, 0.29) is 11.8 Å². The van der Waals surface area contributed by atoms with Crippen molar-refractivity contribution in [2.45, 2.75) is 19.6 Å². The number of benzene rings is 6. The molecule has 0 spiro atoms. The van der Waals surface area contributed by atoms with Gasteiger partial charge in [0.05, 0.1) is 35.8 Å². The van der Waals surface area contributed by atoms with Crippen LogP contribution in [0.1, 0.15) is 0 Å². The number of fused-ring (bicyclic) bond motifs is 3. The van der Waals surface area contributed by atoms with E-state index in [1.165, 1.54) is 30.0 Å². The van der Waals surface area contributed by atoms with Crippen molar-refractivity contribution in [2.24, 2.45) is 0 Å². The van der Waals surface area contributed by atoms with E-state index >= 15 is 0 Å². The minimum atomic E-state index is -0.477. The topological polar surface area (TPSA) is 306 Å². The van der Waals surface area contributed by atoms with Crippen LogP contribution in [0.3, 0.4) is 0 Å². The molecule has 0 aliphatic carbocycles. The molecular weight excluding hydrogens is 1160 g/mol. The Labute approximate surface area is 528 Å². The Balaban J connectivity index is 0.000000151. The molecule has 458 valence electrons. The van der Waals surface area contributed by atoms with E-state index in [1.54, 1.807) is 33.0 Å². The summed E-state index contributed by atoms with van der Waals surface area (Å²) in [4.78, 5) is 63.1. The van der Waals surface area contributed by atoms with Gasteiger partial charge in [-0.3, -0.25) is 14.4 Å². The molecule has 6 aromatic heterocycles. The Bertz CT molecular complexity index is 4640. The van der Waals surface area contributed by atoms with Crippen molar-refractivity contribution in [3.8, 4) is 93.0 Å². The van der Waals surface area contributed by atoms with Crippen molar-refractivity contribution in [1.82, 2.24) is 74.4 Å². The molecule has 7 N–H and O–H groups in total. The van der Waals surface area contributed by atoms with Crippen LogP contribution in [0.5, 0.6) is 34.5 Å². The molecule has 6 heterocycles. The summed E-state index contributed by atoms with van der Waals surface area (Å²) in [7, 11) is 3.36. The number of aromatic nitrogens is 12. The molecule has 0 fully saturated rings. The van der Waals surface area contributed by atoms with Gasteiger partial charge < -0.3 is 46.5 Å². The van der Waals surface area contributed by atoms with Crippen LogP contribution in [-0.2, 0) is 34.0 Å². The molecule has 92 heavy (non-hydrogen) atoms. The van der Waals surface area contributed by atoms with Gasteiger partial charge in [0, 0.05) is 50.4 Å². The van der Waals surface area contributed by atoms with E-state index in [0.29, 0.717) is 124 Å². The van der Waals surface area contributed by atoms with Gasteiger partial charge in [-0.05, 0) is 127 Å². The van der Waals surface area contributed by atoms with Crippen molar-refractivity contribution in [3.05, 3.63) is 195 Å². The number of para-hydroxylation sites is 3. The maximum absolute atomic E-state index is 11.8. The molecule has 12 rings (SSSR count). The smallest absolute Gasteiger partial charge is 0.298 e. The summed E-state index contributed by atoms with van der Waals surface area (Å²) in [6.07, 6.45) is 15.7. The van der Waals surface area contributed by atoms with Crippen LogP contribution in [-0.4, -0.2) is 120 Å². The Hall–Kier alpha value is -13.0. The van der Waals surface area contributed by atoms with Crippen LogP contribution in [0.25, 0.3) is 66.9 Å². The highest BCUT2D eigenvalue weighted by molar-refractivity contribution is 6.00. The molecule has 6 aromatic carbocycles. The third kappa shape index (κ3) is 14.9. The maximum Gasteiger partial charge on any atom is 0.298 e.